The number of hydrogen-bond donors (Lipinski definition) is 1. The van der Waals surface area contributed by atoms with Crippen molar-refractivity contribution in [1.29, 1.82) is 0 Å². The van der Waals surface area contributed by atoms with Crippen LogP contribution in [0.15, 0.2) is 0 Å². The summed E-state index contributed by atoms with van der Waals surface area (Å²) in [5, 5.41) is 9.55. The van der Waals surface area contributed by atoms with E-state index in [1.165, 1.54) is 0 Å². The van der Waals surface area contributed by atoms with Crippen molar-refractivity contribution in [2.75, 3.05) is 6.54 Å². The lowest BCUT2D eigenvalue weighted by Crippen LogP contribution is -2.55. The van der Waals surface area contributed by atoms with Crippen molar-refractivity contribution in [3.63, 3.8) is 0 Å². The Morgan fingerprint density at radius 2 is 2.07 bits per heavy atom. The molecule has 3 nitrogen and oxygen atoms in total. The molecule has 0 aromatic carbocycles. The summed E-state index contributed by atoms with van der Waals surface area (Å²) in [5.74, 6) is 0.160. The van der Waals surface area contributed by atoms with Gasteiger partial charge in [0, 0.05) is 18.0 Å². The Morgan fingerprint density at radius 1 is 1.50 bits per heavy atom. The van der Waals surface area contributed by atoms with Gasteiger partial charge in [-0.25, -0.2) is 0 Å². The number of nitrogens with zero attached hydrogens (tertiary/aromatic N) is 1. The van der Waals surface area contributed by atoms with Crippen molar-refractivity contribution in [2.24, 2.45) is 5.92 Å². The zero-order valence-corrected chi connectivity index (χ0v) is 9.58. The van der Waals surface area contributed by atoms with Crippen LogP contribution in [0.25, 0.3) is 0 Å². The molecule has 1 rings (SSSR count). The first-order chi connectivity index (χ1) is 6.34. The minimum Gasteiger partial charge on any atom is -0.391 e. The van der Waals surface area contributed by atoms with Crippen molar-refractivity contribution in [2.45, 2.75) is 52.2 Å². The fourth-order valence-corrected chi connectivity index (χ4v) is 1.90. The quantitative estimate of drug-likeness (QED) is 0.693. The van der Waals surface area contributed by atoms with Crippen molar-refractivity contribution in [3.05, 3.63) is 0 Å². The van der Waals surface area contributed by atoms with Gasteiger partial charge >= 0.3 is 0 Å². The second-order valence-electron chi connectivity index (χ2n) is 5.11. The van der Waals surface area contributed by atoms with Gasteiger partial charge in [-0.3, -0.25) is 4.79 Å². The molecule has 0 spiro atoms. The van der Waals surface area contributed by atoms with Crippen molar-refractivity contribution < 1.29 is 9.90 Å². The Balaban J connectivity index is 2.77. The number of β-amino-alcohol motifs (C(OH)–C–C–N with tert-alkyl or cyclic N) is 1. The van der Waals surface area contributed by atoms with E-state index in [-0.39, 0.29) is 23.5 Å². The second kappa shape index (κ2) is 3.89. The third-order valence-electron chi connectivity index (χ3n) is 2.97. The molecule has 0 aliphatic carbocycles. The maximum atomic E-state index is 11.9. The highest BCUT2D eigenvalue weighted by Crippen LogP contribution is 2.28. The van der Waals surface area contributed by atoms with Crippen molar-refractivity contribution in [1.82, 2.24) is 4.90 Å². The molecule has 0 aromatic heterocycles. The van der Waals surface area contributed by atoms with Gasteiger partial charge in [-0.15, -0.1) is 0 Å². The van der Waals surface area contributed by atoms with Crippen LogP contribution in [0, 0.1) is 5.92 Å². The molecule has 0 saturated carbocycles. The number of carbonyl (C=O) groups excluding carboxylic acids is 1. The van der Waals surface area contributed by atoms with E-state index < -0.39 is 0 Å². The summed E-state index contributed by atoms with van der Waals surface area (Å²) in [7, 11) is 0. The Bertz CT molecular complexity index is 223. The van der Waals surface area contributed by atoms with Gasteiger partial charge in [0.2, 0.25) is 5.91 Å². The van der Waals surface area contributed by atoms with Gasteiger partial charge in [-0.05, 0) is 26.7 Å². The van der Waals surface area contributed by atoms with Crippen LogP contribution in [-0.2, 0) is 4.79 Å². The summed E-state index contributed by atoms with van der Waals surface area (Å²) >= 11 is 0. The third kappa shape index (κ3) is 2.27. The number of amides is 1. The van der Waals surface area contributed by atoms with E-state index in [2.05, 4.69) is 13.8 Å². The Kier molecular flexibility index (Phi) is 3.20. The zero-order chi connectivity index (χ0) is 10.9. The first-order valence-electron chi connectivity index (χ1n) is 5.34. The number of aliphatic hydroxyl groups excluding tert-OH is 1. The van der Waals surface area contributed by atoms with E-state index in [9.17, 15) is 9.90 Å². The lowest BCUT2D eigenvalue weighted by Gasteiger charge is -2.45. The Hall–Kier alpha value is -0.570. The zero-order valence-electron chi connectivity index (χ0n) is 9.58. The van der Waals surface area contributed by atoms with E-state index in [0.717, 1.165) is 12.8 Å². The summed E-state index contributed by atoms with van der Waals surface area (Å²) in [6.45, 7) is 8.43. The summed E-state index contributed by atoms with van der Waals surface area (Å²) in [4.78, 5) is 13.7. The van der Waals surface area contributed by atoms with Gasteiger partial charge in [-0.2, -0.15) is 0 Å². The molecule has 14 heavy (non-hydrogen) atoms. The summed E-state index contributed by atoms with van der Waals surface area (Å²) in [6.07, 6.45) is 1.34. The molecule has 0 radical (unpaired) electrons. The molecule has 1 heterocycles. The Morgan fingerprint density at radius 3 is 2.57 bits per heavy atom. The molecule has 3 heteroatoms. The van der Waals surface area contributed by atoms with Crippen LogP contribution in [-0.4, -0.2) is 34.1 Å². The fraction of sp³-hybridized carbons (Fsp3) is 0.909. The number of piperidine rings is 1. The minimum absolute atomic E-state index is 0.0135. The maximum Gasteiger partial charge on any atom is 0.225 e. The maximum absolute atomic E-state index is 11.9. The van der Waals surface area contributed by atoms with E-state index in [4.69, 9.17) is 0 Å². The molecule has 0 aromatic rings. The van der Waals surface area contributed by atoms with Crippen LogP contribution in [0.4, 0.5) is 0 Å². The van der Waals surface area contributed by atoms with Crippen molar-refractivity contribution in [3.8, 4) is 0 Å². The predicted octanol–water partition coefficient (Wildman–Crippen LogP) is 1.40. The molecular formula is C11H21NO2. The molecular weight excluding hydrogens is 178 g/mol. The van der Waals surface area contributed by atoms with E-state index in [1.54, 1.807) is 0 Å². The van der Waals surface area contributed by atoms with Gasteiger partial charge in [0.25, 0.3) is 0 Å². The molecule has 1 aliphatic heterocycles. The van der Waals surface area contributed by atoms with Gasteiger partial charge in [0.05, 0.1) is 6.10 Å². The molecule has 1 amide bonds. The molecule has 1 atom stereocenters. The van der Waals surface area contributed by atoms with Crippen molar-refractivity contribution >= 4 is 5.91 Å². The SMILES string of the molecule is CC(C)C(=O)N1CC(O)CCC1(C)C. The second-order valence-corrected chi connectivity index (χ2v) is 5.11. The highest BCUT2D eigenvalue weighted by atomic mass is 16.3. The van der Waals surface area contributed by atoms with Crippen LogP contribution in [0.5, 0.6) is 0 Å². The summed E-state index contributed by atoms with van der Waals surface area (Å²) < 4.78 is 0. The number of aliphatic hydroxyl groups is 1. The number of carbonyl (C=O) groups is 1. The third-order valence-corrected chi connectivity index (χ3v) is 2.97. The number of hydrogen-bond acceptors (Lipinski definition) is 2. The summed E-state index contributed by atoms with van der Waals surface area (Å²) in [6, 6.07) is 0. The van der Waals surface area contributed by atoms with Crippen LogP contribution in [0.1, 0.15) is 40.5 Å². The first-order valence-corrected chi connectivity index (χ1v) is 5.34. The average molecular weight is 199 g/mol. The predicted molar refractivity (Wildman–Crippen MR) is 55.9 cm³/mol. The largest absolute Gasteiger partial charge is 0.391 e. The molecule has 0 bridgehead atoms. The molecule has 1 aliphatic rings. The van der Waals surface area contributed by atoms with Gasteiger partial charge in [0.15, 0.2) is 0 Å². The topological polar surface area (TPSA) is 40.5 Å². The Labute approximate surface area is 86.1 Å². The van der Waals surface area contributed by atoms with Gasteiger partial charge < -0.3 is 10.0 Å². The molecule has 1 unspecified atom stereocenters. The summed E-state index contributed by atoms with van der Waals surface area (Å²) in [5.41, 5.74) is -0.0966. The monoisotopic (exact) mass is 199 g/mol. The fourth-order valence-electron chi connectivity index (χ4n) is 1.90. The number of likely N-dealkylation sites (tertiary alicyclic amines) is 1. The normalized spacial score (nSPS) is 26.7. The molecule has 1 fully saturated rings. The molecule has 1 N–H and O–H groups in total. The van der Waals surface area contributed by atoms with Gasteiger partial charge in [0.1, 0.15) is 0 Å². The first kappa shape index (κ1) is 11.5. The van der Waals surface area contributed by atoms with E-state index in [0.29, 0.717) is 6.54 Å². The van der Waals surface area contributed by atoms with E-state index >= 15 is 0 Å². The smallest absolute Gasteiger partial charge is 0.225 e. The molecule has 82 valence electrons. The standard InChI is InChI=1S/C11H21NO2/c1-8(2)10(14)12-7-9(13)5-6-11(12,3)4/h8-9,13H,5-7H2,1-4H3. The van der Waals surface area contributed by atoms with E-state index in [1.807, 2.05) is 18.7 Å². The highest BCUT2D eigenvalue weighted by Gasteiger charge is 2.37. The highest BCUT2D eigenvalue weighted by molar-refractivity contribution is 5.79. The average Bonchev–Trinajstić information content (AvgIpc) is 2.08. The van der Waals surface area contributed by atoms with Crippen LogP contribution >= 0.6 is 0 Å². The van der Waals surface area contributed by atoms with Crippen LogP contribution < -0.4 is 0 Å². The van der Waals surface area contributed by atoms with Crippen LogP contribution in [0.3, 0.4) is 0 Å². The minimum atomic E-state index is -0.342. The van der Waals surface area contributed by atoms with Crippen LogP contribution in [0.2, 0.25) is 0 Å². The lowest BCUT2D eigenvalue weighted by atomic mass is 9.88. The van der Waals surface area contributed by atoms with Gasteiger partial charge in [-0.1, -0.05) is 13.8 Å². The number of rotatable bonds is 1. The lowest BCUT2D eigenvalue weighted by molar-refractivity contribution is -0.145. The molecule has 1 saturated heterocycles.